The van der Waals surface area contributed by atoms with Gasteiger partial charge in [-0.1, -0.05) is 185 Å². The molecule has 0 aliphatic carbocycles. The molecule has 0 fully saturated rings. The van der Waals surface area contributed by atoms with Gasteiger partial charge in [-0.2, -0.15) is 0 Å². The second kappa shape index (κ2) is 39.5. The Kier molecular flexibility index (Phi) is 38.4. The number of anilines is 1. The minimum Gasteiger partial charge on any atom is -0.748 e. The Morgan fingerprint density at radius 3 is 1.23 bits per heavy atom. The molecule has 0 saturated heterocycles. The molecule has 10 nitrogen and oxygen atoms in total. The van der Waals surface area contributed by atoms with Gasteiger partial charge in [0, 0.05) is 30.3 Å². The molecule has 0 unspecified atom stereocenters. The topological polar surface area (TPSA) is 145 Å². The number of benzene rings is 4. The predicted molar refractivity (Wildman–Crippen MR) is 285 cm³/mol. The summed E-state index contributed by atoms with van der Waals surface area (Å²) in [5.41, 5.74) is 3.93. The maximum absolute atomic E-state index is 11.2. The third-order valence-corrected chi connectivity index (χ3v) is 14.0. The normalized spacial score (nSPS) is 11.4. The monoisotopic (exact) mass is 1040 g/mol. The van der Waals surface area contributed by atoms with Crippen molar-refractivity contribution in [1.29, 1.82) is 0 Å². The zero-order valence-corrected chi connectivity index (χ0v) is 48.2. The van der Waals surface area contributed by atoms with Crippen LogP contribution in [0.5, 0.6) is 11.5 Å². The van der Waals surface area contributed by atoms with E-state index in [0.29, 0.717) is 52.2 Å². The van der Waals surface area contributed by atoms with Crippen LogP contribution >= 0.6 is 0 Å². The second-order valence-electron chi connectivity index (χ2n) is 17.9. The average Bonchev–Trinajstić information content (AvgIpc) is 3.32. The van der Waals surface area contributed by atoms with Crippen LogP contribution in [-0.4, -0.2) is 70.4 Å². The number of rotatable bonds is 38. The molecule has 0 aliphatic heterocycles. The van der Waals surface area contributed by atoms with Gasteiger partial charge in [-0.3, -0.25) is 0 Å². The predicted octanol–water partition coefficient (Wildman–Crippen LogP) is 8.01. The van der Waals surface area contributed by atoms with Gasteiger partial charge in [0.25, 0.3) is 0 Å². The van der Waals surface area contributed by atoms with Gasteiger partial charge in [-0.05, 0) is 104 Å². The molecule has 0 saturated carbocycles. The molecule has 4 aromatic carbocycles. The van der Waals surface area contributed by atoms with Gasteiger partial charge >= 0.3 is 59.1 Å². The molecule has 0 N–H and O–H groups in total. The van der Waals surface area contributed by atoms with Crippen LogP contribution < -0.4 is 73.5 Å². The maximum Gasteiger partial charge on any atom is 1.00 e. The quantitative estimate of drug-likeness (QED) is 0.0187. The van der Waals surface area contributed by atoms with Gasteiger partial charge in [-0.15, -0.1) is 0 Å². The standard InChI is InChI=1S/C55H81NO9S2.2CH4.2Na/c1-3-5-7-9-11-13-15-22-43-63-53-36-30-50(31-37-53)55(49-26-18-17-19-27-49,51-32-38-54(39-33-51)64-44-23-16-14-12-10-8-6-4-2)65-45-40-48-28-34-52(35-29-48)56(41-20-24-46-66(57,58)59)42-21-25-47-67(60,61)62;;;;/h17-19,26-39H,3-16,20-25,40-47H2,1-2H3,(H,57,58,59)(H,60,61,62);2*1H4;;/q;;;2*+1/p-2. The van der Waals surface area contributed by atoms with Gasteiger partial charge in [0.05, 0.1) is 40.1 Å². The fourth-order valence-corrected chi connectivity index (χ4v) is 9.69. The number of nitrogens with zero attached hydrogens (tertiary/aromatic N) is 1. The van der Waals surface area contributed by atoms with Crippen LogP contribution in [-0.2, 0) is 37.0 Å². The Hall–Kier alpha value is -1.94. The van der Waals surface area contributed by atoms with Crippen molar-refractivity contribution in [3.63, 3.8) is 0 Å². The van der Waals surface area contributed by atoms with E-state index >= 15 is 0 Å². The third kappa shape index (κ3) is 28.0. The summed E-state index contributed by atoms with van der Waals surface area (Å²) in [6.45, 7) is 7.21. The molecular weight excluding hydrogens is 953 g/mol. The summed E-state index contributed by atoms with van der Waals surface area (Å²) in [7, 11) is -8.64. The summed E-state index contributed by atoms with van der Waals surface area (Å²) in [6.07, 6.45) is 21.9. The molecule has 0 amide bonds. The largest absolute Gasteiger partial charge is 1.00 e. The fourth-order valence-electron chi connectivity index (χ4n) is 8.57. The Morgan fingerprint density at radius 1 is 0.451 bits per heavy atom. The Morgan fingerprint density at radius 2 is 0.831 bits per heavy atom. The van der Waals surface area contributed by atoms with Gasteiger partial charge < -0.3 is 28.2 Å². The first-order valence-corrected chi connectivity index (χ1v) is 28.5. The molecule has 388 valence electrons. The van der Waals surface area contributed by atoms with E-state index in [4.69, 9.17) is 14.2 Å². The zero-order valence-electron chi connectivity index (χ0n) is 42.6. The van der Waals surface area contributed by atoms with Crippen LogP contribution in [0.2, 0.25) is 0 Å². The first-order valence-electron chi connectivity index (χ1n) is 25.3. The number of ether oxygens (including phenoxy) is 3. The van der Waals surface area contributed by atoms with E-state index in [0.717, 1.165) is 52.3 Å². The summed E-state index contributed by atoms with van der Waals surface area (Å²) in [5.74, 6) is 0.789. The Balaban J connectivity index is 0.0000122. The minimum atomic E-state index is -4.32. The van der Waals surface area contributed by atoms with Crippen molar-refractivity contribution < 1.29 is 99.3 Å². The number of hydrogen-bond acceptors (Lipinski definition) is 10. The van der Waals surface area contributed by atoms with Gasteiger partial charge in [-0.25, -0.2) is 16.8 Å². The molecule has 0 heterocycles. The van der Waals surface area contributed by atoms with E-state index in [9.17, 15) is 25.9 Å². The summed E-state index contributed by atoms with van der Waals surface area (Å²) in [4.78, 5) is 2.04. The summed E-state index contributed by atoms with van der Waals surface area (Å²) in [6, 6.07) is 35.0. The van der Waals surface area contributed by atoms with Gasteiger partial charge in [0.2, 0.25) is 0 Å². The van der Waals surface area contributed by atoms with Crippen molar-refractivity contribution in [2.45, 2.75) is 169 Å². The van der Waals surface area contributed by atoms with E-state index in [1.165, 1.54) is 89.9 Å². The molecule has 0 atom stereocenters. The molecule has 0 aromatic heterocycles. The molecule has 4 aromatic rings. The van der Waals surface area contributed by atoms with E-state index in [2.05, 4.69) is 50.2 Å². The van der Waals surface area contributed by atoms with E-state index in [-0.39, 0.29) is 86.8 Å². The summed E-state index contributed by atoms with van der Waals surface area (Å²) >= 11 is 0. The van der Waals surface area contributed by atoms with Crippen LogP contribution in [0.15, 0.2) is 103 Å². The third-order valence-electron chi connectivity index (χ3n) is 12.4. The van der Waals surface area contributed by atoms with Crippen LogP contribution in [0.3, 0.4) is 0 Å². The first kappa shape index (κ1) is 69.1. The number of unbranched alkanes of at least 4 members (excludes halogenated alkanes) is 16. The Bertz CT molecular complexity index is 2020. The molecule has 0 radical (unpaired) electrons. The molecule has 0 aliphatic rings. The molecule has 0 bridgehead atoms. The molecule has 71 heavy (non-hydrogen) atoms. The Labute approximate surface area is 476 Å². The average molecular weight is 1040 g/mol. The molecule has 4 rings (SSSR count). The van der Waals surface area contributed by atoms with E-state index in [1.54, 1.807) is 0 Å². The maximum atomic E-state index is 11.2. The van der Waals surface area contributed by atoms with Crippen molar-refractivity contribution in [1.82, 2.24) is 0 Å². The number of hydrogen-bond donors (Lipinski definition) is 0. The van der Waals surface area contributed by atoms with Gasteiger partial charge in [0.1, 0.15) is 17.1 Å². The van der Waals surface area contributed by atoms with Crippen LogP contribution in [0.4, 0.5) is 5.69 Å². The van der Waals surface area contributed by atoms with Gasteiger partial charge in [0.15, 0.2) is 0 Å². The second-order valence-corrected chi connectivity index (χ2v) is 21.0. The van der Waals surface area contributed by atoms with Crippen LogP contribution in [0.25, 0.3) is 0 Å². The minimum absolute atomic E-state index is 0. The smallest absolute Gasteiger partial charge is 0.748 e. The van der Waals surface area contributed by atoms with Crippen molar-refractivity contribution in [3.8, 4) is 11.5 Å². The first-order chi connectivity index (χ1) is 32.4. The SMILES string of the molecule is C.C.CCCCCCCCCCOc1ccc(C(OCCc2ccc(N(CCCCS(=O)(=O)[O-])CCCCS(=O)(=O)[O-])cc2)(c2ccccc2)c2ccc(OCCCCCCCCCC)cc2)cc1.[Na+].[Na+]. The van der Waals surface area contributed by atoms with E-state index < -0.39 is 37.3 Å². The van der Waals surface area contributed by atoms with Crippen molar-refractivity contribution in [2.24, 2.45) is 0 Å². The summed E-state index contributed by atoms with van der Waals surface area (Å²) in [5, 5.41) is 0. The van der Waals surface area contributed by atoms with E-state index in [1.807, 2.05) is 71.6 Å². The molecule has 0 spiro atoms. The van der Waals surface area contributed by atoms with Crippen LogP contribution in [0, 0.1) is 0 Å². The zero-order chi connectivity index (χ0) is 48.1. The fraction of sp³-hybridized carbons (Fsp3) is 0.579. The van der Waals surface area contributed by atoms with Crippen molar-refractivity contribution >= 4 is 25.9 Å². The summed E-state index contributed by atoms with van der Waals surface area (Å²) < 4.78 is 86.9. The molecule has 14 heteroatoms. The van der Waals surface area contributed by atoms with Crippen molar-refractivity contribution in [2.75, 3.05) is 49.3 Å². The van der Waals surface area contributed by atoms with Crippen molar-refractivity contribution in [3.05, 3.63) is 125 Å². The van der Waals surface area contributed by atoms with Crippen LogP contribution in [0.1, 0.15) is 179 Å². The molecular formula is C57H87NNa2O9S2.